The molecule has 1 atom stereocenters. The number of rotatable bonds is 6. The van der Waals surface area contributed by atoms with Crippen LogP contribution in [-0.2, 0) is 22.6 Å². The van der Waals surface area contributed by atoms with Crippen molar-refractivity contribution in [3.8, 4) is 0 Å². The first-order valence-electron chi connectivity index (χ1n) is 8.63. The number of hydrogen-bond acceptors (Lipinski definition) is 2. The van der Waals surface area contributed by atoms with Gasteiger partial charge in [-0.15, -0.1) is 0 Å². The van der Waals surface area contributed by atoms with E-state index in [2.05, 4.69) is 27.3 Å². The van der Waals surface area contributed by atoms with Gasteiger partial charge in [0.2, 0.25) is 11.8 Å². The molecule has 2 amide bonds. The van der Waals surface area contributed by atoms with Crippen molar-refractivity contribution in [2.24, 2.45) is 0 Å². The Bertz CT molecular complexity index is 767. The van der Waals surface area contributed by atoms with Gasteiger partial charge in [-0.3, -0.25) is 9.59 Å². The van der Waals surface area contributed by atoms with Crippen molar-refractivity contribution in [3.05, 3.63) is 69.2 Å². The number of carbonyl (C=O) groups excluding carboxylic acids is 2. The van der Waals surface area contributed by atoms with E-state index in [1.54, 1.807) is 18.9 Å². The van der Waals surface area contributed by atoms with E-state index in [9.17, 15) is 9.59 Å². The van der Waals surface area contributed by atoms with Gasteiger partial charge in [-0.05, 0) is 44.0 Å². The van der Waals surface area contributed by atoms with Gasteiger partial charge in [0.05, 0.1) is 6.42 Å². The van der Waals surface area contributed by atoms with Gasteiger partial charge in [-0.25, -0.2) is 0 Å². The number of aryl methyl sites for hydroxylation is 2. The Morgan fingerprint density at radius 1 is 1.04 bits per heavy atom. The summed E-state index contributed by atoms with van der Waals surface area (Å²) in [6.45, 7) is 6.20. The van der Waals surface area contributed by atoms with Gasteiger partial charge in [-0.2, -0.15) is 0 Å². The number of nitrogens with one attached hydrogen (secondary N) is 1. The summed E-state index contributed by atoms with van der Waals surface area (Å²) in [4.78, 5) is 26.8. The molecule has 2 aromatic rings. The van der Waals surface area contributed by atoms with Crippen LogP contribution in [0.4, 0.5) is 0 Å². The molecule has 0 saturated carbocycles. The largest absolute Gasteiger partial charge is 0.357 e. The van der Waals surface area contributed by atoms with E-state index in [1.807, 2.05) is 50.2 Å². The first-order valence-corrected chi connectivity index (χ1v) is 9.42. The number of hydrogen-bond donors (Lipinski definition) is 1. The second-order valence-electron chi connectivity index (χ2n) is 6.61. The van der Waals surface area contributed by atoms with E-state index in [4.69, 9.17) is 0 Å². The summed E-state index contributed by atoms with van der Waals surface area (Å²) in [5.41, 5.74) is 4.22. The molecule has 0 unspecified atom stereocenters. The van der Waals surface area contributed by atoms with Gasteiger partial charge in [0, 0.05) is 18.1 Å². The van der Waals surface area contributed by atoms with Crippen molar-refractivity contribution >= 4 is 27.7 Å². The van der Waals surface area contributed by atoms with Crippen LogP contribution in [-0.4, -0.2) is 29.8 Å². The number of benzene rings is 2. The third-order valence-corrected chi connectivity index (χ3v) is 4.85. The van der Waals surface area contributed by atoms with Crippen LogP contribution in [0.25, 0.3) is 0 Å². The molecule has 0 aliphatic rings. The zero-order valence-electron chi connectivity index (χ0n) is 15.7. The molecule has 0 heterocycles. The molecule has 0 radical (unpaired) electrons. The third-order valence-electron chi connectivity index (χ3n) is 4.32. The van der Waals surface area contributed by atoms with E-state index in [0.29, 0.717) is 6.54 Å². The molecule has 0 saturated heterocycles. The molecule has 0 bridgehead atoms. The molecule has 0 spiro atoms. The van der Waals surface area contributed by atoms with E-state index in [1.165, 1.54) is 0 Å². The van der Waals surface area contributed by atoms with Gasteiger partial charge >= 0.3 is 0 Å². The van der Waals surface area contributed by atoms with Crippen LogP contribution >= 0.6 is 15.9 Å². The van der Waals surface area contributed by atoms with Crippen molar-refractivity contribution in [1.82, 2.24) is 10.2 Å². The van der Waals surface area contributed by atoms with Crippen molar-refractivity contribution in [2.45, 2.75) is 39.8 Å². The number of carbonyl (C=O) groups is 2. The lowest BCUT2D eigenvalue weighted by molar-refractivity contribution is -0.139. The second-order valence-corrected chi connectivity index (χ2v) is 7.53. The van der Waals surface area contributed by atoms with Gasteiger partial charge in [-0.1, -0.05) is 57.4 Å². The van der Waals surface area contributed by atoms with E-state index in [-0.39, 0.29) is 18.2 Å². The van der Waals surface area contributed by atoms with E-state index in [0.717, 1.165) is 26.7 Å². The van der Waals surface area contributed by atoms with Crippen molar-refractivity contribution < 1.29 is 9.59 Å². The standard InChI is InChI=1S/C21H25BrN2O2/c1-14-9-15(2)11-18(10-14)12-20(25)24(16(3)21(26)23-4)13-17-5-7-19(22)8-6-17/h5-11,16H,12-13H2,1-4H3,(H,23,26)/t16-/m1/s1. The Kier molecular flexibility index (Phi) is 6.98. The van der Waals surface area contributed by atoms with Crippen LogP contribution in [0.2, 0.25) is 0 Å². The zero-order valence-corrected chi connectivity index (χ0v) is 17.3. The first kappa shape index (κ1) is 20.2. The summed E-state index contributed by atoms with van der Waals surface area (Å²) in [6, 6.07) is 13.4. The Morgan fingerprint density at radius 2 is 1.62 bits per heavy atom. The predicted molar refractivity (Wildman–Crippen MR) is 108 cm³/mol. The zero-order chi connectivity index (χ0) is 19.3. The van der Waals surface area contributed by atoms with E-state index < -0.39 is 6.04 Å². The number of likely N-dealkylation sites (N-methyl/N-ethyl adjacent to an activating group) is 1. The van der Waals surface area contributed by atoms with Gasteiger partial charge in [0.15, 0.2) is 0 Å². The molecule has 0 fully saturated rings. The lowest BCUT2D eigenvalue weighted by atomic mass is 10.0. The smallest absolute Gasteiger partial charge is 0.242 e. The minimum atomic E-state index is -0.540. The maximum Gasteiger partial charge on any atom is 0.242 e. The molecule has 138 valence electrons. The van der Waals surface area contributed by atoms with Crippen LogP contribution in [0.3, 0.4) is 0 Å². The highest BCUT2D eigenvalue weighted by Gasteiger charge is 2.25. The molecule has 0 aromatic heterocycles. The summed E-state index contributed by atoms with van der Waals surface area (Å²) in [6.07, 6.45) is 0.278. The number of halogens is 1. The Morgan fingerprint density at radius 3 is 2.15 bits per heavy atom. The van der Waals surface area contributed by atoms with Crippen LogP contribution in [0.15, 0.2) is 46.9 Å². The van der Waals surface area contributed by atoms with Crippen LogP contribution < -0.4 is 5.32 Å². The molecule has 0 aliphatic carbocycles. The summed E-state index contributed by atoms with van der Waals surface area (Å²) < 4.78 is 0.980. The fraction of sp³-hybridized carbons (Fsp3) is 0.333. The monoisotopic (exact) mass is 416 g/mol. The average molecular weight is 417 g/mol. The minimum Gasteiger partial charge on any atom is -0.357 e. The summed E-state index contributed by atoms with van der Waals surface area (Å²) >= 11 is 3.42. The third kappa shape index (κ3) is 5.43. The summed E-state index contributed by atoms with van der Waals surface area (Å²) in [5.74, 6) is -0.232. The van der Waals surface area contributed by atoms with Gasteiger partial charge in [0.1, 0.15) is 6.04 Å². The van der Waals surface area contributed by atoms with Crippen LogP contribution in [0, 0.1) is 13.8 Å². The highest BCUT2D eigenvalue weighted by atomic mass is 79.9. The maximum atomic E-state index is 13.0. The number of amides is 2. The van der Waals surface area contributed by atoms with Crippen LogP contribution in [0.5, 0.6) is 0 Å². The molecule has 2 rings (SSSR count). The molecule has 1 N–H and O–H groups in total. The Labute approximate surface area is 163 Å². The quantitative estimate of drug-likeness (QED) is 0.778. The molecule has 4 nitrogen and oxygen atoms in total. The van der Waals surface area contributed by atoms with Crippen molar-refractivity contribution in [1.29, 1.82) is 0 Å². The van der Waals surface area contributed by atoms with E-state index >= 15 is 0 Å². The normalized spacial score (nSPS) is 11.7. The lowest BCUT2D eigenvalue weighted by Gasteiger charge is -2.28. The van der Waals surface area contributed by atoms with Gasteiger partial charge < -0.3 is 10.2 Å². The summed E-state index contributed by atoms with van der Waals surface area (Å²) in [7, 11) is 1.59. The molecule has 5 heteroatoms. The molecule has 0 aliphatic heterocycles. The molecule has 26 heavy (non-hydrogen) atoms. The highest BCUT2D eigenvalue weighted by Crippen LogP contribution is 2.16. The molecule has 2 aromatic carbocycles. The SMILES string of the molecule is CNC(=O)[C@@H](C)N(Cc1ccc(Br)cc1)C(=O)Cc1cc(C)cc(C)c1. The van der Waals surface area contributed by atoms with Crippen molar-refractivity contribution in [3.63, 3.8) is 0 Å². The number of nitrogens with zero attached hydrogens (tertiary/aromatic N) is 1. The predicted octanol–water partition coefficient (Wildman–Crippen LogP) is 3.77. The lowest BCUT2D eigenvalue weighted by Crippen LogP contribution is -2.47. The first-order chi connectivity index (χ1) is 12.3. The fourth-order valence-electron chi connectivity index (χ4n) is 3.03. The molecular weight excluding hydrogens is 392 g/mol. The fourth-order valence-corrected chi connectivity index (χ4v) is 3.29. The highest BCUT2D eigenvalue weighted by molar-refractivity contribution is 9.10. The Hall–Kier alpha value is -2.14. The topological polar surface area (TPSA) is 49.4 Å². The van der Waals surface area contributed by atoms with Crippen LogP contribution in [0.1, 0.15) is 29.2 Å². The second kappa shape index (κ2) is 8.99. The van der Waals surface area contributed by atoms with Gasteiger partial charge in [0.25, 0.3) is 0 Å². The average Bonchev–Trinajstić information content (AvgIpc) is 2.58. The maximum absolute atomic E-state index is 13.0. The summed E-state index contributed by atoms with van der Waals surface area (Å²) in [5, 5.41) is 2.64. The Balaban J connectivity index is 2.24. The molecular formula is C21H25BrN2O2. The van der Waals surface area contributed by atoms with Crippen molar-refractivity contribution in [2.75, 3.05) is 7.05 Å². The minimum absolute atomic E-state index is 0.0611.